The van der Waals surface area contributed by atoms with E-state index in [1.165, 1.54) is 13.8 Å². The Bertz CT molecular complexity index is 347. The highest BCUT2D eigenvalue weighted by Gasteiger charge is 1.93. The fourth-order valence-corrected chi connectivity index (χ4v) is 0.900. The van der Waals surface area contributed by atoms with Crippen molar-refractivity contribution in [2.75, 3.05) is 0 Å². The van der Waals surface area contributed by atoms with E-state index < -0.39 is 11.9 Å². The Balaban J connectivity index is 0.000000256. The molecule has 0 saturated heterocycles. The number of ether oxygens (including phenoxy) is 1. The van der Waals surface area contributed by atoms with Crippen molar-refractivity contribution in [2.24, 2.45) is 0 Å². The van der Waals surface area contributed by atoms with E-state index in [-0.39, 0.29) is 0 Å². The molecule has 0 saturated carbocycles. The maximum atomic E-state index is 9.81. The number of esters is 2. The van der Waals surface area contributed by atoms with Crippen molar-refractivity contribution in [1.82, 2.24) is 4.98 Å². The van der Waals surface area contributed by atoms with Crippen LogP contribution in [0.1, 0.15) is 13.8 Å². The minimum Gasteiger partial charge on any atom is -0.394 e. The first-order valence-corrected chi connectivity index (χ1v) is 5.67. The summed E-state index contributed by atoms with van der Waals surface area (Å²) >= 11 is 0. The van der Waals surface area contributed by atoms with Crippen LogP contribution in [-0.2, 0) is 14.3 Å². The molecule has 0 aliphatic rings. The van der Waals surface area contributed by atoms with Gasteiger partial charge in [0.05, 0.1) is 0 Å². The van der Waals surface area contributed by atoms with Gasteiger partial charge in [0, 0.05) is 26.2 Å². The number of carbonyl (C=O) groups excluding carboxylic acids is 2. The minimum absolute atomic E-state index is 0.562. The van der Waals surface area contributed by atoms with Gasteiger partial charge in [0.1, 0.15) is 0 Å². The minimum atomic E-state index is -0.562. The predicted octanol–water partition coefficient (Wildman–Crippen LogP) is 2.86. The molecule has 0 bridgehead atoms. The second-order valence-electron chi connectivity index (χ2n) is 3.26. The fourth-order valence-electron chi connectivity index (χ4n) is 0.900. The summed E-state index contributed by atoms with van der Waals surface area (Å²) in [5, 5.41) is 0. The van der Waals surface area contributed by atoms with Crippen LogP contribution in [0.5, 0.6) is 0 Å². The highest BCUT2D eigenvalue weighted by atomic mass is 16.6. The molecule has 0 fully saturated rings. The van der Waals surface area contributed by atoms with Crippen LogP contribution in [0.15, 0.2) is 67.0 Å². The second-order valence-corrected chi connectivity index (χ2v) is 3.26. The van der Waals surface area contributed by atoms with Crippen LogP contribution in [0.25, 0.3) is 0 Å². The van der Waals surface area contributed by atoms with E-state index in [2.05, 4.69) is 9.72 Å². The van der Waals surface area contributed by atoms with Gasteiger partial charge in [-0.3, -0.25) is 14.6 Å². The first-order valence-electron chi connectivity index (χ1n) is 5.67. The summed E-state index contributed by atoms with van der Waals surface area (Å²) < 4.78 is 3.97. The third-order valence-electron chi connectivity index (χ3n) is 1.52. The smallest absolute Gasteiger partial charge is 0.310 e. The summed E-state index contributed by atoms with van der Waals surface area (Å²) in [6, 6.07) is 17.7. The van der Waals surface area contributed by atoms with E-state index in [9.17, 15) is 9.59 Å². The third kappa shape index (κ3) is 15.5. The lowest BCUT2D eigenvalue weighted by Crippen LogP contribution is -2.03. The summed E-state index contributed by atoms with van der Waals surface area (Å²) in [6.45, 7) is 2.36. The number of nitrogens with zero attached hydrogens (tertiary/aromatic N) is 1. The summed E-state index contributed by atoms with van der Waals surface area (Å²) in [5.41, 5.74) is 0. The quantitative estimate of drug-likeness (QED) is 0.539. The Hall–Kier alpha value is -2.49. The Morgan fingerprint density at radius 1 is 0.684 bits per heavy atom. The first kappa shape index (κ1) is 16.5. The van der Waals surface area contributed by atoms with Gasteiger partial charge in [0.15, 0.2) is 0 Å². The van der Waals surface area contributed by atoms with Gasteiger partial charge in [-0.25, -0.2) is 0 Å². The second kappa shape index (κ2) is 12.0. The Morgan fingerprint density at radius 3 is 1.11 bits per heavy atom. The van der Waals surface area contributed by atoms with Gasteiger partial charge >= 0.3 is 11.9 Å². The molecule has 0 atom stereocenters. The zero-order valence-electron chi connectivity index (χ0n) is 11.0. The number of aromatic nitrogens is 1. The standard InChI is InChI=1S/C6H6.C5H5N.C4H6O3/c2*1-2-4-6-5-3-1;1-3(5)7-4(2)6/h1-6H;1-5H;1-2H3. The van der Waals surface area contributed by atoms with Gasteiger partial charge in [0.2, 0.25) is 0 Å². The molecule has 0 unspecified atom stereocenters. The maximum Gasteiger partial charge on any atom is 0.310 e. The lowest BCUT2D eigenvalue weighted by Gasteiger charge is -1.87. The summed E-state index contributed by atoms with van der Waals surface area (Å²) in [6.07, 6.45) is 3.50. The molecule has 4 heteroatoms. The van der Waals surface area contributed by atoms with Crippen LogP contribution in [0, 0.1) is 0 Å². The molecule has 1 aromatic carbocycles. The molecule has 0 amide bonds. The molecule has 1 heterocycles. The molecule has 0 spiro atoms. The Labute approximate surface area is 113 Å². The predicted molar refractivity (Wildman–Crippen MR) is 73.1 cm³/mol. The van der Waals surface area contributed by atoms with Crippen molar-refractivity contribution >= 4 is 11.9 Å². The molecule has 2 rings (SSSR count). The molecular weight excluding hydrogens is 242 g/mol. The molecule has 100 valence electrons. The maximum absolute atomic E-state index is 9.81. The summed E-state index contributed by atoms with van der Waals surface area (Å²) in [5.74, 6) is -1.12. The molecule has 2 aromatic rings. The van der Waals surface area contributed by atoms with Crippen molar-refractivity contribution < 1.29 is 14.3 Å². The van der Waals surface area contributed by atoms with Crippen LogP contribution >= 0.6 is 0 Å². The van der Waals surface area contributed by atoms with Gasteiger partial charge in [-0.1, -0.05) is 42.5 Å². The molecule has 4 nitrogen and oxygen atoms in total. The van der Waals surface area contributed by atoms with Crippen molar-refractivity contribution in [2.45, 2.75) is 13.8 Å². The van der Waals surface area contributed by atoms with E-state index in [4.69, 9.17) is 0 Å². The van der Waals surface area contributed by atoms with E-state index in [1.807, 2.05) is 54.6 Å². The molecule has 0 N–H and O–H groups in total. The molecule has 0 radical (unpaired) electrons. The van der Waals surface area contributed by atoms with Crippen molar-refractivity contribution in [1.29, 1.82) is 0 Å². The van der Waals surface area contributed by atoms with Crippen molar-refractivity contribution in [3.8, 4) is 0 Å². The van der Waals surface area contributed by atoms with Gasteiger partial charge < -0.3 is 4.74 Å². The van der Waals surface area contributed by atoms with E-state index >= 15 is 0 Å². The largest absolute Gasteiger partial charge is 0.394 e. The van der Waals surface area contributed by atoms with Crippen LogP contribution in [-0.4, -0.2) is 16.9 Å². The average Bonchev–Trinajstić information content (AvgIpc) is 2.42. The number of hydrogen-bond acceptors (Lipinski definition) is 4. The third-order valence-corrected chi connectivity index (χ3v) is 1.52. The topological polar surface area (TPSA) is 56.3 Å². The zero-order valence-corrected chi connectivity index (χ0v) is 11.0. The summed E-state index contributed by atoms with van der Waals surface area (Å²) in [4.78, 5) is 23.4. The summed E-state index contributed by atoms with van der Waals surface area (Å²) in [7, 11) is 0. The lowest BCUT2D eigenvalue weighted by atomic mass is 10.4. The average molecular weight is 259 g/mol. The van der Waals surface area contributed by atoms with Crippen LogP contribution in [0.4, 0.5) is 0 Å². The number of pyridine rings is 1. The van der Waals surface area contributed by atoms with Crippen molar-refractivity contribution in [3.05, 3.63) is 67.0 Å². The number of carbonyl (C=O) groups is 2. The van der Waals surface area contributed by atoms with Crippen LogP contribution in [0.3, 0.4) is 0 Å². The molecule has 19 heavy (non-hydrogen) atoms. The monoisotopic (exact) mass is 259 g/mol. The Kier molecular flexibility index (Phi) is 10.4. The molecule has 0 aliphatic carbocycles. The van der Waals surface area contributed by atoms with Crippen LogP contribution in [0.2, 0.25) is 0 Å². The van der Waals surface area contributed by atoms with E-state index in [0.29, 0.717) is 0 Å². The molecular formula is C15H17NO3. The van der Waals surface area contributed by atoms with E-state index in [0.717, 1.165) is 0 Å². The van der Waals surface area contributed by atoms with Crippen molar-refractivity contribution in [3.63, 3.8) is 0 Å². The molecule has 1 aromatic heterocycles. The first-order chi connectivity index (χ1) is 9.13. The number of hydrogen-bond donors (Lipinski definition) is 0. The van der Waals surface area contributed by atoms with Gasteiger partial charge in [0.25, 0.3) is 0 Å². The SMILES string of the molecule is CC(=O)OC(C)=O.c1ccccc1.c1ccncc1. The number of rotatable bonds is 0. The van der Waals surface area contributed by atoms with Crippen LogP contribution < -0.4 is 0 Å². The number of benzene rings is 1. The van der Waals surface area contributed by atoms with E-state index in [1.54, 1.807) is 12.4 Å². The van der Waals surface area contributed by atoms with Gasteiger partial charge in [-0.05, 0) is 12.1 Å². The Morgan fingerprint density at radius 2 is 1.00 bits per heavy atom. The van der Waals surface area contributed by atoms with Gasteiger partial charge in [-0.2, -0.15) is 0 Å². The normalized spacial score (nSPS) is 7.89. The molecule has 0 aliphatic heterocycles. The van der Waals surface area contributed by atoms with Gasteiger partial charge in [-0.15, -0.1) is 0 Å². The zero-order chi connectivity index (χ0) is 14.3. The lowest BCUT2D eigenvalue weighted by molar-refractivity contribution is -0.156. The highest BCUT2D eigenvalue weighted by Crippen LogP contribution is 1.80. The fraction of sp³-hybridized carbons (Fsp3) is 0.133. The highest BCUT2D eigenvalue weighted by molar-refractivity contribution is 5.82.